The van der Waals surface area contributed by atoms with Gasteiger partial charge in [-0.05, 0) is 30.2 Å². The molecule has 0 bridgehead atoms. The lowest BCUT2D eigenvalue weighted by Crippen LogP contribution is -1.85. The number of halogens is 1. The van der Waals surface area contributed by atoms with Gasteiger partial charge in [0.2, 0.25) is 0 Å². The predicted molar refractivity (Wildman–Crippen MR) is 100 cm³/mol. The van der Waals surface area contributed by atoms with Crippen LogP contribution in [0.15, 0.2) is 71.8 Å². The third-order valence-corrected chi connectivity index (χ3v) is 5.00. The smallest absolute Gasteiger partial charge is 0.0361 e. The number of allylic oxidation sites excluding steroid dienone is 5. The van der Waals surface area contributed by atoms with Gasteiger partial charge in [0.1, 0.15) is 0 Å². The van der Waals surface area contributed by atoms with Crippen molar-refractivity contribution in [2.24, 2.45) is 0 Å². The average molecular weight is 355 g/mol. The SMILES string of the molecule is C=C(Br)/C(=C\C=C/C)c1cccc2sc3ccccc3c12. The Morgan fingerprint density at radius 1 is 1.10 bits per heavy atom. The van der Waals surface area contributed by atoms with E-state index in [1.54, 1.807) is 0 Å². The molecule has 2 heteroatoms. The van der Waals surface area contributed by atoms with Gasteiger partial charge in [-0.1, -0.05) is 71.1 Å². The molecule has 0 fully saturated rings. The molecular weight excluding hydrogens is 340 g/mol. The first-order chi connectivity index (χ1) is 10.2. The highest BCUT2D eigenvalue weighted by molar-refractivity contribution is 9.12. The molecule has 1 aromatic heterocycles. The zero-order valence-electron chi connectivity index (χ0n) is 11.8. The zero-order chi connectivity index (χ0) is 14.8. The number of thiophene rings is 1. The van der Waals surface area contributed by atoms with Gasteiger partial charge in [0, 0.05) is 24.7 Å². The molecule has 0 atom stereocenters. The van der Waals surface area contributed by atoms with Gasteiger partial charge < -0.3 is 0 Å². The molecule has 3 aromatic rings. The molecule has 3 rings (SSSR count). The van der Waals surface area contributed by atoms with Gasteiger partial charge in [0.25, 0.3) is 0 Å². The van der Waals surface area contributed by atoms with Crippen LogP contribution in [0.5, 0.6) is 0 Å². The molecule has 0 spiro atoms. The van der Waals surface area contributed by atoms with E-state index >= 15 is 0 Å². The maximum atomic E-state index is 4.07. The third kappa shape index (κ3) is 2.61. The van der Waals surface area contributed by atoms with Crippen molar-refractivity contribution >= 4 is 53.0 Å². The third-order valence-electron chi connectivity index (χ3n) is 3.44. The van der Waals surface area contributed by atoms with Gasteiger partial charge in [-0.25, -0.2) is 0 Å². The van der Waals surface area contributed by atoms with Crippen molar-refractivity contribution in [2.45, 2.75) is 6.92 Å². The van der Waals surface area contributed by atoms with Crippen molar-refractivity contribution in [1.29, 1.82) is 0 Å². The van der Waals surface area contributed by atoms with Crippen molar-refractivity contribution in [2.75, 3.05) is 0 Å². The summed E-state index contributed by atoms with van der Waals surface area (Å²) in [4.78, 5) is 0. The van der Waals surface area contributed by atoms with Crippen LogP contribution >= 0.6 is 27.3 Å². The maximum absolute atomic E-state index is 4.07. The molecule has 0 aliphatic heterocycles. The number of benzene rings is 2. The fraction of sp³-hybridized carbons (Fsp3) is 0.0526. The summed E-state index contributed by atoms with van der Waals surface area (Å²) in [6, 6.07) is 15.1. The van der Waals surface area contributed by atoms with Crippen LogP contribution in [0.3, 0.4) is 0 Å². The monoisotopic (exact) mass is 354 g/mol. The fourth-order valence-electron chi connectivity index (χ4n) is 2.52. The normalized spacial score (nSPS) is 12.6. The van der Waals surface area contributed by atoms with Crippen LogP contribution in [0.4, 0.5) is 0 Å². The van der Waals surface area contributed by atoms with Gasteiger partial charge in [-0.2, -0.15) is 0 Å². The maximum Gasteiger partial charge on any atom is 0.0361 e. The van der Waals surface area contributed by atoms with Crippen LogP contribution in [0.25, 0.3) is 25.7 Å². The molecule has 0 N–H and O–H groups in total. The second-order valence-electron chi connectivity index (χ2n) is 4.79. The summed E-state index contributed by atoms with van der Waals surface area (Å²) in [5.74, 6) is 0. The summed E-state index contributed by atoms with van der Waals surface area (Å²) in [5, 5.41) is 2.63. The van der Waals surface area contributed by atoms with Gasteiger partial charge in [0.15, 0.2) is 0 Å². The van der Waals surface area contributed by atoms with E-state index < -0.39 is 0 Å². The van der Waals surface area contributed by atoms with Crippen molar-refractivity contribution in [1.82, 2.24) is 0 Å². The molecule has 0 aliphatic rings. The highest BCUT2D eigenvalue weighted by atomic mass is 79.9. The lowest BCUT2D eigenvalue weighted by atomic mass is 9.99. The second-order valence-corrected chi connectivity index (χ2v) is 6.83. The summed E-state index contributed by atoms with van der Waals surface area (Å²) < 4.78 is 3.54. The molecule has 0 aliphatic carbocycles. The fourth-order valence-corrected chi connectivity index (χ4v) is 4.00. The van der Waals surface area contributed by atoms with Crippen LogP contribution in [0.1, 0.15) is 12.5 Å². The quantitative estimate of drug-likeness (QED) is 0.447. The Labute approximate surface area is 137 Å². The Bertz CT molecular complexity index is 881. The molecular formula is C19H15BrS. The number of rotatable bonds is 3. The minimum absolute atomic E-state index is 0.906. The van der Waals surface area contributed by atoms with E-state index in [9.17, 15) is 0 Å². The largest absolute Gasteiger partial charge is 0.135 e. The first-order valence-corrected chi connectivity index (χ1v) is 8.41. The van der Waals surface area contributed by atoms with E-state index in [1.165, 1.54) is 25.7 Å². The van der Waals surface area contributed by atoms with Crippen molar-refractivity contribution in [3.63, 3.8) is 0 Å². The standard InChI is InChI=1S/C19H15BrS/c1-3-4-8-14(13(2)20)15-10-7-12-18-19(15)16-9-5-6-11-17(16)21-18/h3-12H,2H2,1H3/b4-3-,14-8+. The molecule has 104 valence electrons. The average Bonchev–Trinajstić information content (AvgIpc) is 2.86. The van der Waals surface area contributed by atoms with E-state index in [2.05, 4.69) is 77.1 Å². The Morgan fingerprint density at radius 2 is 1.86 bits per heavy atom. The molecule has 2 aromatic carbocycles. The first kappa shape index (κ1) is 14.3. The summed E-state index contributed by atoms with van der Waals surface area (Å²) in [6.07, 6.45) is 6.19. The van der Waals surface area contributed by atoms with Crippen LogP contribution in [-0.2, 0) is 0 Å². The van der Waals surface area contributed by atoms with Crippen molar-refractivity contribution in [3.05, 3.63) is 77.3 Å². The first-order valence-electron chi connectivity index (χ1n) is 6.80. The van der Waals surface area contributed by atoms with E-state index in [0.717, 1.165) is 10.1 Å². The Balaban J connectivity index is 2.39. The van der Waals surface area contributed by atoms with Crippen LogP contribution in [0.2, 0.25) is 0 Å². The molecule has 21 heavy (non-hydrogen) atoms. The summed E-state index contributed by atoms with van der Waals surface area (Å²) in [7, 11) is 0. The molecule has 0 saturated heterocycles. The van der Waals surface area contributed by atoms with Gasteiger partial charge >= 0.3 is 0 Å². The lowest BCUT2D eigenvalue weighted by molar-refractivity contribution is 1.69. The molecule has 0 amide bonds. The topological polar surface area (TPSA) is 0 Å². The minimum atomic E-state index is 0.906. The van der Waals surface area contributed by atoms with Crippen LogP contribution < -0.4 is 0 Å². The summed E-state index contributed by atoms with van der Waals surface area (Å²) in [5.41, 5.74) is 2.35. The Morgan fingerprint density at radius 3 is 2.62 bits per heavy atom. The van der Waals surface area contributed by atoms with E-state index in [4.69, 9.17) is 0 Å². The molecule has 0 saturated carbocycles. The molecule has 0 radical (unpaired) electrons. The van der Waals surface area contributed by atoms with E-state index in [0.29, 0.717) is 0 Å². The van der Waals surface area contributed by atoms with Gasteiger partial charge in [-0.3, -0.25) is 0 Å². The molecule has 1 heterocycles. The molecule has 0 nitrogen and oxygen atoms in total. The van der Waals surface area contributed by atoms with Crippen LogP contribution in [0, 0.1) is 0 Å². The number of hydrogen-bond acceptors (Lipinski definition) is 1. The van der Waals surface area contributed by atoms with Gasteiger partial charge in [-0.15, -0.1) is 11.3 Å². The summed E-state index contributed by atoms with van der Waals surface area (Å²) >= 11 is 5.39. The van der Waals surface area contributed by atoms with Crippen LogP contribution in [-0.4, -0.2) is 0 Å². The Hall–Kier alpha value is -1.64. The predicted octanol–water partition coefficient (Wildman–Crippen LogP) is 6.92. The highest BCUT2D eigenvalue weighted by Crippen LogP contribution is 2.40. The van der Waals surface area contributed by atoms with Gasteiger partial charge in [0.05, 0.1) is 0 Å². The lowest BCUT2D eigenvalue weighted by Gasteiger charge is -2.08. The highest BCUT2D eigenvalue weighted by Gasteiger charge is 2.12. The Kier molecular flexibility index (Phi) is 4.09. The zero-order valence-corrected chi connectivity index (χ0v) is 14.2. The molecule has 0 unspecified atom stereocenters. The van der Waals surface area contributed by atoms with Crippen molar-refractivity contribution < 1.29 is 0 Å². The second kappa shape index (κ2) is 6.00. The number of fused-ring (bicyclic) bond motifs is 3. The number of hydrogen-bond donors (Lipinski definition) is 0. The van der Waals surface area contributed by atoms with E-state index in [-0.39, 0.29) is 0 Å². The minimum Gasteiger partial charge on any atom is -0.135 e. The van der Waals surface area contributed by atoms with Crippen molar-refractivity contribution in [3.8, 4) is 0 Å². The van der Waals surface area contributed by atoms with E-state index in [1.807, 2.05) is 24.3 Å². The summed E-state index contributed by atoms with van der Waals surface area (Å²) in [6.45, 7) is 6.09.